The highest BCUT2D eigenvalue weighted by atomic mass is 32.1. The van der Waals surface area contributed by atoms with Gasteiger partial charge in [-0.25, -0.2) is 15.8 Å². The first-order valence-electron chi connectivity index (χ1n) is 5.68. The molecule has 0 saturated heterocycles. The average Bonchev–Trinajstić information content (AvgIpc) is 2.91. The molecule has 0 aromatic carbocycles. The SMILES string of the molecule is CC(C)(CNc1cc(NN)ncn1)c1cccs1. The number of anilines is 2. The third-order valence-corrected chi connectivity index (χ3v) is 3.95. The van der Waals surface area contributed by atoms with Gasteiger partial charge in [-0.15, -0.1) is 11.3 Å². The second kappa shape index (κ2) is 5.32. The minimum Gasteiger partial charge on any atom is -0.369 e. The standard InChI is InChI=1S/C12H17N5S/c1-12(2,9-4-3-5-18-9)7-14-10-6-11(17-13)16-8-15-10/h3-6,8H,7,13H2,1-2H3,(H2,14,15,16,17). The fraction of sp³-hybridized carbons (Fsp3) is 0.333. The van der Waals surface area contributed by atoms with Crippen LogP contribution in [-0.4, -0.2) is 16.5 Å². The fourth-order valence-corrected chi connectivity index (χ4v) is 2.45. The Morgan fingerprint density at radius 2 is 2.11 bits per heavy atom. The molecule has 0 aliphatic rings. The Morgan fingerprint density at radius 1 is 1.33 bits per heavy atom. The maximum Gasteiger partial charge on any atom is 0.145 e. The molecule has 0 fully saturated rings. The number of aromatic nitrogens is 2. The Morgan fingerprint density at radius 3 is 2.78 bits per heavy atom. The van der Waals surface area contributed by atoms with Gasteiger partial charge in [-0.05, 0) is 11.4 Å². The smallest absolute Gasteiger partial charge is 0.145 e. The molecular weight excluding hydrogens is 246 g/mol. The molecule has 96 valence electrons. The number of hydrogen-bond acceptors (Lipinski definition) is 6. The molecule has 18 heavy (non-hydrogen) atoms. The molecule has 2 rings (SSSR count). The number of nitrogens with zero attached hydrogens (tertiary/aromatic N) is 2. The lowest BCUT2D eigenvalue weighted by Gasteiger charge is -2.24. The Hall–Kier alpha value is -1.66. The van der Waals surface area contributed by atoms with E-state index in [0.717, 1.165) is 12.4 Å². The van der Waals surface area contributed by atoms with Gasteiger partial charge in [-0.2, -0.15) is 0 Å². The van der Waals surface area contributed by atoms with Crippen LogP contribution in [0.4, 0.5) is 11.6 Å². The summed E-state index contributed by atoms with van der Waals surface area (Å²) in [6, 6.07) is 6.01. The normalized spacial score (nSPS) is 11.3. The Labute approximate surface area is 110 Å². The van der Waals surface area contributed by atoms with E-state index in [2.05, 4.69) is 52.1 Å². The number of rotatable bonds is 5. The quantitative estimate of drug-likeness (QED) is 0.569. The van der Waals surface area contributed by atoms with Gasteiger partial charge in [-0.3, -0.25) is 0 Å². The van der Waals surface area contributed by atoms with E-state index in [-0.39, 0.29) is 5.41 Å². The summed E-state index contributed by atoms with van der Waals surface area (Å²) in [5, 5.41) is 5.40. The molecule has 4 N–H and O–H groups in total. The number of hydrazine groups is 1. The van der Waals surface area contributed by atoms with Gasteiger partial charge >= 0.3 is 0 Å². The van der Waals surface area contributed by atoms with Crippen molar-refractivity contribution in [2.45, 2.75) is 19.3 Å². The van der Waals surface area contributed by atoms with Gasteiger partial charge in [-0.1, -0.05) is 19.9 Å². The molecule has 6 heteroatoms. The van der Waals surface area contributed by atoms with E-state index in [1.165, 1.54) is 11.2 Å². The molecule has 2 heterocycles. The van der Waals surface area contributed by atoms with Gasteiger partial charge in [0, 0.05) is 22.9 Å². The highest BCUT2D eigenvalue weighted by Crippen LogP contribution is 2.27. The maximum absolute atomic E-state index is 5.31. The zero-order valence-electron chi connectivity index (χ0n) is 10.5. The van der Waals surface area contributed by atoms with Crippen LogP contribution in [-0.2, 0) is 5.41 Å². The predicted octanol–water partition coefficient (Wildman–Crippen LogP) is 2.21. The molecule has 2 aromatic rings. The lowest BCUT2D eigenvalue weighted by Crippen LogP contribution is -2.27. The number of nitrogens with two attached hydrogens (primary N) is 1. The van der Waals surface area contributed by atoms with Crippen LogP contribution in [0.25, 0.3) is 0 Å². The van der Waals surface area contributed by atoms with Gasteiger partial charge < -0.3 is 10.7 Å². The molecular formula is C12H17N5S. The number of hydrogen-bond donors (Lipinski definition) is 3. The Balaban J connectivity index is 2.02. The molecule has 5 nitrogen and oxygen atoms in total. The first kappa shape index (κ1) is 12.8. The van der Waals surface area contributed by atoms with Crippen LogP contribution in [0.3, 0.4) is 0 Å². The highest BCUT2D eigenvalue weighted by molar-refractivity contribution is 7.10. The van der Waals surface area contributed by atoms with E-state index in [4.69, 9.17) is 5.84 Å². The fourth-order valence-electron chi connectivity index (χ4n) is 1.60. The number of nitrogen functional groups attached to an aromatic ring is 1. The Kier molecular flexibility index (Phi) is 3.78. The van der Waals surface area contributed by atoms with Crippen LogP contribution >= 0.6 is 11.3 Å². The largest absolute Gasteiger partial charge is 0.369 e. The molecule has 0 aliphatic carbocycles. The molecule has 0 atom stereocenters. The zero-order valence-corrected chi connectivity index (χ0v) is 11.3. The van der Waals surface area contributed by atoms with Crippen molar-refractivity contribution >= 4 is 23.0 Å². The first-order chi connectivity index (χ1) is 8.62. The molecule has 0 bridgehead atoms. The minimum atomic E-state index is 0.0649. The molecule has 0 radical (unpaired) electrons. The van der Waals surface area contributed by atoms with Crippen LogP contribution < -0.4 is 16.6 Å². The van der Waals surface area contributed by atoms with Crippen molar-refractivity contribution in [3.05, 3.63) is 34.8 Å². The molecule has 2 aromatic heterocycles. The topological polar surface area (TPSA) is 75.9 Å². The van der Waals surface area contributed by atoms with Crippen molar-refractivity contribution in [2.24, 2.45) is 5.84 Å². The van der Waals surface area contributed by atoms with Gasteiger partial charge in [0.1, 0.15) is 18.0 Å². The van der Waals surface area contributed by atoms with Gasteiger partial charge in [0.2, 0.25) is 0 Å². The third-order valence-electron chi connectivity index (χ3n) is 2.71. The second-order valence-corrected chi connectivity index (χ2v) is 5.60. The van der Waals surface area contributed by atoms with Crippen LogP contribution in [0.5, 0.6) is 0 Å². The van der Waals surface area contributed by atoms with Crippen LogP contribution in [0, 0.1) is 0 Å². The van der Waals surface area contributed by atoms with E-state index in [0.29, 0.717) is 5.82 Å². The number of nitrogens with one attached hydrogen (secondary N) is 2. The van der Waals surface area contributed by atoms with Crippen LogP contribution in [0.2, 0.25) is 0 Å². The zero-order chi connectivity index (χ0) is 13.0. The van der Waals surface area contributed by atoms with Crippen molar-refractivity contribution in [1.82, 2.24) is 9.97 Å². The average molecular weight is 263 g/mol. The van der Waals surface area contributed by atoms with E-state index >= 15 is 0 Å². The summed E-state index contributed by atoms with van der Waals surface area (Å²) < 4.78 is 0. The summed E-state index contributed by atoms with van der Waals surface area (Å²) in [6.45, 7) is 5.21. The molecule has 0 saturated carbocycles. The minimum absolute atomic E-state index is 0.0649. The van der Waals surface area contributed by atoms with E-state index in [9.17, 15) is 0 Å². The van der Waals surface area contributed by atoms with Crippen molar-refractivity contribution in [3.8, 4) is 0 Å². The lowest BCUT2D eigenvalue weighted by molar-refractivity contribution is 0.568. The van der Waals surface area contributed by atoms with Crippen molar-refractivity contribution < 1.29 is 0 Å². The lowest BCUT2D eigenvalue weighted by atomic mass is 9.91. The summed E-state index contributed by atoms with van der Waals surface area (Å²) in [5.74, 6) is 6.68. The van der Waals surface area contributed by atoms with Crippen LogP contribution in [0.15, 0.2) is 29.9 Å². The van der Waals surface area contributed by atoms with Crippen molar-refractivity contribution in [2.75, 3.05) is 17.3 Å². The summed E-state index contributed by atoms with van der Waals surface area (Å²) in [7, 11) is 0. The number of thiophene rings is 1. The van der Waals surface area contributed by atoms with E-state index < -0.39 is 0 Å². The summed E-state index contributed by atoms with van der Waals surface area (Å²) >= 11 is 1.77. The van der Waals surface area contributed by atoms with Gasteiger partial charge in [0.15, 0.2) is 0 Å². The van der Waals surface area contributed by atoms with Gasteiger partial charge in [0.05, 0.1) is 0 Å². The predicted molar refractivity (Wildman–Crippen MR) is 75.7 cm³/mol. The third kappa shape index (κ3) is 2.96. The molecule has 0 unspecified atom stereocenters. The monoisotopic (exact) mass is 263 g/mol. The molecule has 0 aliphatic heterocycles. The first-order valence-corrected chi connectivity index (χ1v) is 6.56. The Bertz CT molecular complexity index is 495. The summed E-state index contributed by atoms with van der Waals surface area (Å²) in [5.41, 5.74) is 2.57. The van der Waals surface area contributed by atoms with E-state index in [1.807, 2.05) is 0 Å². The summed E-state index contributed by atoms with van der Waals surface area (Å²) in [4.78, 5) is 9.47. The van der Waals surface area contributed by atoms with E-state index in [1.54, 1.807) is 17.4 Å². The summed E-state index contributed by atoms with van der Waals surface area (Å²) in [6.07, 6.45) is 1.48. The second-order valence-electron chi connectivity index (χ2n) is 4.65. The van der Waals surface area contributed by atoms with Crippen molar-refractivity contribution in [3.63, 3.8) is 0 Å². The van der Waals surface area contributed by atoms with Gasteiger partial charge in [0.25, 0.3) is 0 Å². The maximum atomic E-state index is 5.31. The van der Waals surface area contributed by atoms with Crippen LogP contribution in [0.1, 0.15) is 18.7 Å². The molecule has 0 spiro atoms. The molecule has 0 amide bonds. The highest BCUT2D eigenvalue weighted by Gasteiger charge is 2.21. The van der Waals surface area contributed by atoms with Crippen molar-refractivity contribution in [1.29, 1.82) is 0 Å².